The molecule has 0 amide bonds. The van der Waals surface area contributed by atoms with E-state index < -0.39 is 0 Å². The number of ketones is 1. The Bertz CT molecular complexity index is 781. The number of fused-ring (bicyclic) bond motifs is 3. The van der Waals surface area contributed by atoms with Crippen molar-refractivity contribution in [3.8, 4) is 11.1 Å². The van der Waals surface area contributed by atoms with Gasteiger partial charge in [0.1, 0.15) is 0 Å². The molecule has 2 aromatic carbocycles. The van der Waals surface area contributed by atoms with E-state index in [-0.39, 0.29) is 5.78 Å². The predicted molar refractivity (Wildman–Crippen MR) is 98.0 cm³/mol. The molecule has 0 bridgehead atoms. The minimum Gasteiger partial charge on any atom is -0.372 e. The van der Waals surface area contributed by atoms with Crippen LogP contribution >= 0.6 is 15.9 Å². The van der Waals surface area contributed by atoms with Crippen LogP contribution in [0.2, 0.25) is 0 Å². The fraction of sp³-hybridized carbons (Fsp3) is 0.350. The van der Waals surface area contributed by atoms with Gasteiger partial charge in [0.25, 0.3) is 0 Å². The van der Waals surface area contributed by atoms with Gasteiger partial charge in [0, 0.05) is 22.5 Å². The van der Waals surface area contributed by atoms with Crippen LogP contribution in [0.1, 0.15) is 40.7 Å². The number of carbonyl (C=O) groups excluding carboxylic acids is 1. The van der Waals surface area contributed by atoms with E-state index in [2.05, 4.69) is 45.5 Å². The number of halogens is 1. The first kappa shape index (κ1) is 16.0. The number of Topliss-reactive ketones (excluding diaryl/α,β-unsaturated/α-hetero) is 1. The third-order valence-corrected chi connectivity index (χ3v) is 5.39. The zero-order chi connectivity index (χ0) is 16.5. The summed E-state index contributed by atoms with van der Waals surface area (Å²) in [5, 5.41) is 3.40. The van der Waals surface area contributed by atoms with Crippen molar-refractivity contribution in [2.45, 2.75) is 38.5 Å². The first-order valence-electron chi connectivity index (χ1n) is 8.47. The topological polar surface area (TPSA) is 38.3 Å². The fourth-order valence-corrected chi connectivity index (χ4v) is 4.05. The molecule has 0 saturated carbocycles. The quantitative estimate of drug-likeness (QED) is 0.791. The van der Waals surface area contributed by atoms with Crippen LogP contribution in [-0.4, -0.2) is 18.4 Å². The average molecular weight is 386 g/mol. The monoisotopic (exact) mass is 385 g/mol. The molecule has 0 spiro atoms. The van der Waals surface area contributed by atoms with Crippen molar-refractivity contribution in [3.63, 3.8) is 0 Å². The Hall–Kier alpha value is -1.49. The third kappa shape index (κ3) is 3.18. The molecule has 4 rings (SSSR count). The third-order valence-electron chi connectivity index (χ3n) is 4.89. The molecule has 24 heavy (non-hydrogen) atoms. The van der Waals surface area contributed by atoms with Gasteiger partial charge in [-0.2, -0.15) is 0 Å². The second kappa shape index (κ2) is 6.79. The van der Waals surface area contributed by atoms with Crippen LogP contribution in [0.4, 0.5) is 0 Å². The van der Waals surface area contributed by atoms with Crippen molar-refractivity contribution in [2.24, 2.45) is 0 Å². The Morgan fingerprint density at radius 1 is 1.12 bits per heavy atom. The van der Waals surface area contributed by atoms with Crippen LogP contribution in [-0.2, 0) is 18.0 Å². The zero-order valence-corrected chi connectivity index (χ0v) is 15.1. The van der Waals surface area contributed by atoms with E-state index in [1.807, 2.05) is 12.1 Å². The van der Waals surface area contributed by atoms with Gasteiger partial charge in [-0.3, -0.25) is 4.79 Å². The van der Waals surface area contributed by atoms with Crippen LogP contribution in [0.5, 0.6) is 0 Å². The van der Waals surface area contributed by atoms with Gasteiger partial charge >= 0.3 is 0 Å². The van der Waals surface area contributed by atoms with E-state index >= 15 is 0 Å². The largest absolute Gasteiger partial charge is 0.372 e. The van der Waals surface area contributed by atoms with Crippen molar-refractivity contribution in [3.05, 3.63) is 57.6 Å². The molecule has 3 nitrogen and oxygen atoms in total. The highest BCUT2D eigenvalue weighted by molar-refractivity contribution is 9.10. The normalized spacial score (nSPS) is 19.5. The van der Waals surface area contributed by atoms with Gasteiger partial charge in [0.2, 0.25) is 0 Å². The van der Waals surface area contributed by atoms with E-state index in [1.54, 1.807) is 0 Å². The first-order valence-corrected chi connectivity index (χ1v) is 9.26. The predicted octanol–water partition coefficient (Wildman–Crippen LogP) is 4.47. The number of nitrogens with one attached hydrogen (secondary N) is 1. The average Bonchev–Trinajstić information content (AvgIpc) is 3.01. The first-order chi connectivity index (χ1) is 11.7. The molecular weight excluding hydrogens is 366 g/mol. The summed E-state index contributed by atoms with van der Waals surface area (Å²) < 4.78 is 6.89. The maximum atomic E-state index is 12.6. The summed E-state index contributed by atoms with van der Waals surface area (Å²) in [6.45, 7) is 2.17. The summed E-state index contributed by atoms with van der Waals surface area (Å²) in [6, 6.07) is 12.7. The Kier molecular flexibility index (Phi) is 4.53. The van der Waals surface area contributed by atoms with Gasteiger partial charge in [-0.05, 0) is 59.8 Å². The lowest BCUT2D eigenvalue weighted by molar-refractivity contribution is 0.0970. The minimum atomic E-state index is 0.220. The van der Waals surface area contributed by atoms with Crippen LogP contribution in [0.3, 0.4) is 0 Å². The highest BCUT2D eigenvalue weighted by Crippen LogP contribution is 2.34. The number of hydrogen-bond donors (Lipinski definition) is 1. The van der Waals surface area contributed by atoms with Crippen molar-refractivity contribution in [1.29, 1.82) is 0 Å². The summed E-state index contributed by atoms with van der Waals surface area (Å²) in [4.78, 5) is 12.6. The van der Waals surface area contributed by atoms with E-state index in [0.717, 1.165) is 28.6 Å². The summed E-state index contributed by atoms with van der Waals surface area (Å²) in [5.41, 5.74) is 5.44. The molecule has 2 aliphatic heterocycles. The molecule has 124 valence electrons. The highest BCUT2D eigenvalue weighted by Gasteiger charge is 2.21. The second-order valence-electron chi connectivity index (χ2n) is 6.59. The molecule has 1 saturated heterocycles. The van der Waals surface area contributed by atoms with E-state index in [4.69, 9.17) is 4.74 Å². The number of rotatable bonds is 3. The Labute approximate surface area is 150 Å². The maximum Gasteiger partial charge on any atom is 0.164 e. The summed E-state index contributed by atoms with van der Waals surface area (Å²) in [5.74, 6) is 0.220. The Morgan fingerprint density at radius 2 is 1.88 bits per heavy atom. The molecular formula is C20H20BrNO2. The maximum absolute atomic E-state index is 12.6. The standard InChI is InChI=1S/C20H20BrNO2/c21-16-4-6-19-15(9-16)12-24-11-14-8-13(3-5-18(14)19)20(23)10-17-2-1-7-22-17/h3-6,8-9,17,22H,1-2,7,10-12H2. The van der Waals surface area contributed by atoms with Crippen molar-refractivity contribution in [1.82, 2.24) is 5.32 Å². The molecule has 4 heteroatoms. The van der Waals surface area contributed by atoms with E-state index in [0.29, 0.717) is 25.7 Å². The second-order valence-corrected chi connectivity index (χ2v) is 7.50. The number of hydrogen-bond acceptors (Lipinski definition) is 3. The molecule has 1 fully saturated rings. The fourth-order valence-electron chi connectivity index (χ4n) is 3.64. The molecule has 1 N–H and O–H groups in total. The van der Waals surface area contributed by atoms with Crippen molar-refractivity contribution in [2.75, 3.05) is 6.54 Å². The molecule has 0 aromatic heterocycles. The van der Waals surface area contributed by atoms with E-state index in [1.165, 1.54) is 23.1 Å². The molecule has 2 heterocycles. The molecule has 1 unspecified atom stereocenters. The highest BCUT2D eigenvalue weighted by atomic mass is 79.9. The lowest BCUT2D eigenvalue weighted by Crippen LogP contribution is -2.24. The number of carbonyl (C=O) groups is 1. The number of ether oxygens (including phenoxy) is 1. The lowest BCUT2D eigenvalue weighted by Gasteiger charge is -2.12. The lowest BCUT2D eigenvalue weighted by atomic mass is 9.93. The van der Waals surface area contributed by atoms with Gasteiger partial charge in [0.15, 0.2) is 5.78 Å². The molecule has 2 aromatic rings. The van der Waals surface area contributed by atoms with Crippen LogP contribution < -0.4 is 5.32 Å². The Balaban J connectivity index is 1.64. The zero-order valence-electron chi connectivity index (χ0n) is 13.5. The van der Waals surface area contributed by atoms with Gasteiger partial charge in [-0.1, -0.05) is 34.1 Å². The molecule has 0 radical (unpaired) electrons. The summed E-state index contributed by atoms with van der Waals surface area (Å²) >= 11 is 3.52. The molecule has 2 aliphatic rings. The van der Waals surface area contributed by atoms with Gasteiger partial charge in [-0.25, -0.2) is 0 Å². The van der Waals surface area contributed by atoms with Crippen LogP contribution in [0.25, 0.3) is 11.1 Å². The van der Waals surface area contributed by atoms with Gasteiger partial charge < -0.3 is 10.1 Å². The van der Waals surface area contributed by atoms with Crippen molar-refractivity contribution >= 4 is 21.7 Å². The Morgan fingerprint density at radius 3 is 2.62 bits per heavy atom. The van der Waals surface area contributed by atoms with Crippen molar-refractivity contribution < 1.29 is 9.53 Å². The molecule has 1 atom stereocenters. The molecule has 0 aliphatic carbocycles. The van der Waals surface area contributed by atoms with E-state index in [9.17, 15) is 4.79 Å². The SMILES string of the molecule is O=C(CC1CCCN1)c1ccc2c(c1)COCc1cc(Br)ccc1-2. The van der Waals surface area contributed by atoms with Crippen LogP contribution in [0, 0.1) is 0 Å². The minimum absolute atomic E-state index is 0.220. The van der Waals surface area contributed by atoms with Gasteiger partial charge in [-0.15, -0.1) is 0 Å². The number of benzene rings is 2. The van der Waals surface area contributed by atoms with Crippen LogP contribution in [0.15, 0.2) is 40.9 Å². The summed E-state index contributed by atoms with van der Waals surface area (Å²) in [7, 11) is 0. The smallest absolute Gasteiger partial charge is 0.164 e. The van der Waals surface area contributed by atoms with Gasteiger partial charge in [0.05, 0.1) is 13.2 Å². The summed E-state index contributed by atoms with van der Waals surface area (Å²) in [6.07, 6.45) is 2.85.